The maximum absolute atomic E-state index is 13.6. The van der Waals surface area contributed by atoms with Gasteiger partial charge >= 0.3 is 0 Å². The van der Waals surface area contributed by atoms with Gasteiger partial charge in [-0.05, 0) is 72.6 Å². The zero-order valence-corrected chi connectivity index (χ0v) is 23.5. The van der Waals surface area contributed by atoms with Crippen molar-refractivity contribution in [2.24, 2.45) is 4.99 Å². The smallest absolute Gasteiger partial charge is 0.267 e. The quantitative estimate of drug-likeness (QED) is 0.213. The lowest BCUT2D eigenvalue weighted by Crippen LogP contribution is -2.36. The molecule has 1 amide bonds. The van der Waals surface area contributed by atoms with Crippen molar-refractivity contribution in [2.75, 3.05) is 7.11 Å². The fourth-order valence-electron chi connectivity index (χ4n) is 4.54. The highest BCUT2D eigenvalue weighted by Crippen LogP contribution is 2.39. The number of thioether (sulfide) groups is 1. The normalized spacial score (nSPS) is 16.3. The van der Waals surface area contributed by atoms with Crippen molar-refractivity contribution in [1.29, 1.82) is 0 Å². The van der Waals surface area contributed by atoms with E-state index in [0.29, 0.717) is 28.2 Å². The van der Waals surface area contributed by atoms with E-state index in [9.17, 15) is 4.79 Å². The van der Waals surface area contributed by atoms with Crippen LogP contribution in [0.15, 0.2) is 94.8 Å². The van der Waals surface area contributed by atoms with Gasteiger partial charge in [-0.3, -0.25) is 9.69 Å². The molecule has 1 saturated heterocycles. The first-order valence-electron chi connectivity index (χ1n) is 13.1. The molecule has 0 radical (unpaired) electrons. The lowest BCUT2D eigenvalue weighted by molar-refractivity contribution is -0.123. The Morgan fingerprint density at radius 2 is 1.72 bits per heavy atom. The van der Waals surface area contributed by atoms with E-state index in [4.69, 9.17) is 14.5 Å². The third-order valence-corrected chi connectivity index (χ3v) is 7.88. The Hall–Kier alpha value is -4.03. The number of hydrogen-bond acceptors (Lipinski definition) is 5. The summed E-state index contributed by atoms with van der Waals surface area (Å²) >= 11 is 1.39. The Kier molecular flexibility index (Phi) is 8.03. The predicted octanol–water partition coefficient (Wildman–Crippen LogP) is 8.14. The van der Waals surface area contributed by atoms with E-state index in [1.807, 2.05) is 73.7 Å². The number of hydrogen-bond donors (Lipinski definition) is 0. The van der Waals surface area contributed by atoms with Crippen molar-refractivity contribution in [3.63, 3.8) is 0 Å². The number of amides is 1. The van der Waals surface area contributed by atoms with Crippen molar-refractivity contribution in [1.82, 2.24) is 4.90 Å². The lowest BCUT2D eigenvalue weighted by Gasteiger charge is -2.22. The molecule has 5 nitrogen and oxygen atoms in total. The number of aryl methyl sites for hydroxylation is 1. The largest absolute Gasteiger partial charge is 0.493 e. The molecule has 0 spiro atoms. The molecule has 0 N–H and O–H groups in total. The number of methoxy groups -OCH3 is 1. The summed E-state index contributed by atoms with van der Waals surface area (Å²) in [4.78, 5) is 20.9. The van der Waals surface area contributed by atoms with Crippen LogP contribution in [0.4, 0.5) is 5.69 Å². The lowest BCUT2D eigenvalue weighted by atomic mass is 10.1. The molecule has 6 heteroatoms. The number of para-hydroxylation sites is 1. The minimum atomic E-state index is -0.0527. The Balaban J connectivity index is 1.49. The zero-order valence-electron chi connectivity index (χ0n) is 22.7. The topological polar surface area (TPSA) is 51.1 Å². The minimum absolute atomic E-state index is 0.0208. The van der Waals surface area contributed by atoms with Crippen molar-refractivity contribution in [2.45, 2.75) is 39.8 Å². The number of ether oxygens (including phenoxy) is 2. The monoisotopic (exact) mass is 536 g/mol. The van der Waals surface area contributed by atoms with E-state index in [1.54, 1.807) is 12.0 Å². The molecule has 5 rings (SSSR count). The first-order valence-corrected chi connectivity index (χ1v) is 13.9. The number of nitrogens with zero attached hydrogens (tertiary/aromatic N) is 2. The van der Waals surface area contributed by atoms with Gasteiger partial charge in [0.15, 0.2) is 16.7 Å². The summed E-state index contributed by atoms with van der Waals surface area (Å²) in [6.07, 6.45) is 2.71. The van der Waals surface area contributed by atoms with Gasteiger partial charge in [0.25, 0.3) is 5.91 Å². The molecule has 0 bridgehead atoms. The first-order chi connectivity index (χ1) is 19.0. The number of rotatable bonds is 8. The third kappa shape index (κ3) is 5.71. The fraction of sp³-hybridized carbons (Fsp3) is 0.212. The Morgan fingerprint density at radius 3 is 2.49 bits per heavy atom. The fourth-order valence-corrected chi connectivity index (χ4v) is 5.62. The van der Waals surface area contributed by atoms with Gasteiger partial charge in [0.05, 0.1) is 17.7 Å². The van der Waals surface area contributed by atoms with Gasteiger partial charge in [-0.15, -0.1) is 0 Å². The molecule has 1 aliphatic rings. The zero-order chi connectivity index (χ0) is 27.4. The maximum atomic E-state index is 13.6. The average molecular weight is 537 g/mol. The molecule has 4 aromatic carbocycles. The van der Waals surface area contributed by atoms with Crippen LogP contribution in [0.25, 0.3) is 16.8 Å². The predicted molar refractivity (Wildman–Crippen MR) is 162 cm³/mol. The highest BCUT2D eigenvalue weighted by atomic mass is 32.2. The van der Waals surface area contributed by atoms with Crippen molar-refractivity contribution < 1.29 is 14.3 Å². The summed E-state index contributed by atoms with van der Waals surface area (Å²) in [7, 11) is 1.63. The standard InChI is InChI=1S/C33H32N2O3S/c1-5-23(3)35-32(36)30(39-33(35)34-27-18-16-22(2)17-19-27)20-25-12-9-15-29(37-4)31(25)38-21-26-13-8-11-24-10-6-7-14-28(24)26/h6-20,23H,5,21H2,1-4H3/b30-20+,34-33?/t23-/m1/s1. The SMILES string of the molecule is CC[C@@H](C)N1C(=O)/C(=C\c2cccc(OC)c2OCc2cccc3ccccc23)SC1=Nc1ccc(C)cc1. The molecule has 1 atom stereocenters. The molecule has 39 heavy (non-hydrogen) atoms. The molecule has 1 fully saturated rings. The number of carbonyl (C=O) groups is 1. The van der Waals surface area contributed by atoms with Crippen LogP contribution in [-0.2, 0) is 11.4 Å². The van der Waals surface area contributed by atoms with Crippen LogP contribution in [0.5, 0.6) is 11.5 Å². The summed E-state index contributed by atoms with van der Waals surface area (Å²) in [5, 5.41) is 3.00. The van der Waals surface area contributed by atoms with Crippen LogP contribution >= 0.6 is 11.8 Å². The molecule has 198 valence electrons. The molecule has 4 aromatic rings. The minimum Gasteiger partial charge on any atom is -0.493 e. The average Bonchev–Trinajstić information content (AvgIpc) is 3.26. The highest BCUT2D eigenvalue weighted by molar-refractivity contribution is 8.18. The number of aliphatic imine (C=N–C) groups is 1. The van der Waals surface area contributed by atoms with E-state index >= 15 is 0 Å². The molecule has 1 heterocycles. The molecule has 0 unspecified atom stereocenters. The van der Waals surface area contributed by atoms with Crippen LogP contribution in [0.3, 0.4) is 0 Å². The van der Waals surface area contributed by atoms with Crippen molar-refractivity contribution in [3.8, 4) is 11.5 Å². The Morgan fingerprint density at radius 1 is 0.974 bits per heavy atom. The third-order valence-electron chi connectivity index (χ3n) is 6.90. The van der Waals surface area contributed by atoms with E-state index in [2.05, 4.69) is 38.1 Å². The molecule has 1 aliphatic heterocycles. The van der Waals surface area contributed by atoms with E-state index in [1.165, 1.54) is 22.7 Å². The number of fused-ring (bicyclic) bond motifs is 1. The summed E-state index contributed by atoms with van der Waals surface area (Å²) in [6.45, 7) is 6.55. The van der Waals surface area contributed by atoms with E-state index in [0.717, 1.165) is 28.6 Å². The van der Waals surface area contributed by atoms with Crippen LogP contribution in [-0.4, -0.2) is 29.1 Å². The van der Waals surface area contributed by atoms with Crippen LogP contribution < -0.4 is 9.47 Å². The van der Waals surface area contributed by atoms with Gasteiger partial charge < -0.3 is 9.47 Å². The molecular weight excluding hydrogens is 504 g/mol. The van der Waals surface area contributed by atoms with E-state index in [-0.39, 0.29) is 11.9 Å². The molecule has 0 aliphatic carbocycles. The second kappa shape index (κ2) is 11.8. The summed E-state index contributed by atoms with van der Waals surface area (Å²) in [6, 6.07) is 28.2. The summed E-state index contributed by atoms with van der Waals surface area (Å²) in [5.74, 6) is 1.17. The Bertz CT molecular complexity index is 1550. The molecular formula is C33H32N2O3S. The van der Waals surface area contributed by atoms with Crippen molar-refractivity contribution in [3.05, 3.63) is 107 Å². The highest BCUT2D eigenvalue weighted by Gasteiger charge is 2.36. The number of carbonyl (C=O) groups excluding carboxylic acids is 1. The van der Waals surface area contributed by atoms with Crippen LogP contribution in [0, 0.1) is 6.92 Å². The van der Waals surface area contributed by atoms with E-state index < -0.39 is 0 Å². The number of amidine groups is 1. The van der Waals surface area contributed by atoms with Gasteiger partial charge in [-0.25, -0.2) is 4.99 Å². The van der Waals surface area contributed by atoms with Gasteiger partial charge in [0.2, 0.25) is 0 Å². The maximum Gasteiger partial charge on any atom is 0.267 e. The summed E-state index contributed by atoms with van der Waals surface area (Å²) < 4.78 is 12.1. The van der Waals surface area contributed by atoms with Crippen LogP contribution in [0.1, 0.15) is 37.0 Å². The van der Waals surface area contributed by atoms with Gasteiger partial charge in [0.1, 0.15) is 6.61 Å². The second-order valence-corrected chi connectivity index (χ2v) is 10.6. The second-order valence-electron chi connectivity index (χ2n) is 9.58. The molecule has 0 aromatic heterocycles. The first kappa shape index (κ1) is 26.6. The Labute approximate surface area is 234 Å². The van der Waals surface area contributed by atoms with Gasteiger partial charge in [0, 0.05) is 11.6 Å². The molecule has 0 saturated carbocycles. The van der Waals surface area contributed by atoms with Gasteiger partial charge in [-0.2, -0.15) is 0 Å². The van der Waals surface area contributed by atoms with Crippen LogP contribution in [0.2, 0.25) is 0 Å². The van der Waals surface area contributed by atoms with Gasteiger partial charge in [-0.1, -0.05) is 79.2 Å². The van der Waals surface area contributed by atoms with Crippen molar-refractivity contribution >= 4 is 45.4 Å². The summed E-state index contributed by atoms with van der Waals surface area (Å²) in [5.41, 5.74) is 3.86. The number of benzene rings is 4.